The van der Waals surface area contributed by atoms with E-state index in [1.165, 1.54) is 6.07 Å². The zero-order chi connectivity index (χ0) is 9.97. The molecule has 2 rings (SSSR count). The fourth-order valence-electron chi connectivity index (χ4n) is 1.51. The topological polar surface area (TPSA) is 27.0 Å². The van der Waals surface area contributed by atoms with Crippen LogP contribution in [0.25, 0.3) is 0 Å². The van der Waals surface area contributed by atoms with Crippen molar-refractivity contribution in [3.8, 4) is 6.07 Å². The number of anilines is 1. The van der Waals surface area contributed by atoms with Crippen LogP contribution in [0.3, 0.4) is 0 Å². The quantitative estimate of drug-likeness (QED) is 0.631. The lowest BCUT2D eigenvalue weighted by Gasteiger charge is -2.18. The number of hydrogen-bond acceptors (Lipinski definition) is 2. The highest BCUT2D eigenvalue weighted by atomic mass is 19.1. The Morgan fingerprint density at radius 2 is 2.00 bits per heavy atom. The van der Waals surface area contributed by atoms with Gasteiger partial charge in [0, 0.05) is 13.1 Å². The number of nitriles is 1. The van der Waals surface area contributed by atoms with Crippen LogP contribution in [0.15, 0.2) is 30.4 Å². The van der Waals surface area contributed by atoms with Gasteiger partial charge in [-0.1, -0.05) is 12.2 Å². The molecule has 0 atom stereocenters. The van der Waals surface area contributed by atoms with Crippen molar-refractivity contribution in [1.29, 1.82) is 5.26 Å². The van der Waals surface area contributed by atoms with Crippen molar-refractivity contribution in [1.82, 2.24) is 0 Å². The van der Waals surface area contributed by atoms with E-state index in [9.17, 15) is 4.39 Å². The highest BCUT2D eigenvalue weighted by molar-refractivity contribution is 5.53. The summed E-state index contributed by atoms with van der Waals surface area (Å²) in [6.07, 6.45) is 4.00. The van der Waals surface area contributed by atoms with Crippen LogP contribution in [0.1, 0.15) is 5.56 Å². The molecule has 1 aromatic carbocycles. The summed E-state index contributed by atoms with van der Waals surface area (Å²) < 4.78 is 13.5. The molecule has 0 radical (unpaired) electrons. The third-order valence-corrected chi connectivity index (χ3v) is 2.24. The Labute approximate surface area is 81.9 Å². The van der Waals surface area contributed by atoms with Crippen LogP contribution < -0.4 is 4.90 Å². The predicted molar refractivity (Wildman–Crippen MR) is 52.5 cm³/mol. The van der Waals surface area contributed by atoms with Crippen molar-refractivity contribution in [2.75, 3.05) is 18.0 Å². The lowest BCUT2D eigenvalue weighted by molar-refractivity contribution is 0.623. The van der Waals surface area contributed by atoms with Gasteiger partial charge >= 0.3 is 0 Å². The number of rotatable bonds is 1. The first kappa shape index (κ1) is 8.76. The fraction of sp³-hybridized carbons (Fsp3) is 0.182. The van der Waals surface area contributed by atoms with Gasteiger partial charge in [0.1, 0.15) is 5.82 Å². The highest BCUT2D eigenvalue weighted by Gasteiger charge is 2.12. The van der Waals surface area contributed by atoms with Crippen LogP contribution >= 0.6 is 0 Å². The Hall–Kier alpha value is -1.82. The second-order valence-corrected chi connectivity index (χ2v) is 3.15. The normalized spacial score (nSPS) is 14.4. The summed E-state index contributed by atoms with van der Waals surface area (Å²) in [5.41, 5.74) is 0.924. The van der Waals surface area contributed by atoms with Crippen LogP contribution in [0.2, 0.25) is 0 Å². The summed E-state index contributed by atoms with van der Waals surface area (Å²) in [7, 11) is 0. The molecule has 0 aromatic heterocycles. The third kappa shape index (κ3) is 1.47. The van der Waals surface area contributed by atoms with E-state index < -0.39 is 0 Å². The molecule has 1 aliphatic heterocycles. The zero-order valence-electron chi connectivity index (χ0n) is 7.57. The van der Waals surface area contributed by atoms with Gasteiger partial charge in [0.05, 0.1) is 17.3 Å². The molecule has 1 aromatic rings. The monoisotopic (exact) mass is 188 g/mol. The number of nitrogens with zero attached hydrogens (tertiary/aromatic N) is 2. The maximum Gasteiger partial charge on any atom is 0.147 e. The van der Waals surface area contributed by atoms with E-state index in [1.54, 1.807) is 12.1 Å². The smallest absolute Gasteiger partial charge is 0.147 e. The van der Waals surface area contributed by atoms with Crippen molar-refractivity contribution < 1.29 is 4.39 Å². The number of halogens is 1. The van der Waals surface area contributed by atoms with Gasteiger partial charge in [0.2, 0.25) is 0 Å². The van der Waals surface area contributed by atoms with Crippen molar-refractivity contribution in [2.45, 2.75) is 0 Å². The molecule has 1 aliphatic rings. The Balaban J connectivity index is 2.31. The van der Waals surface area contributed by atoms with E-state index in [0.29, 0.717) is 11.3 Å². The van der Waals surface area contributed by atoms with E-state index in [-0.39, 0.29) is 5.82 Å². The van der Waals surface area contributed by atoms with Crippen molar-refractivity contribution >= 4 is 5.69 Å². The summed E-state index contributed by atoms with van der Waals surface area (Å²) in [6.45, 7) is 1.48. The molecule has 2 nitrogen and oxygen atoms in total. The number of hydrogen-bond donors (Lipinski definition) is 0. The van der Waals surface area contributed by atoms with Crippen LogP contribution in [-0.2, 0) is 0 Å². The van der Waals surface area contributed by atoms with Crippen LogP contribution in [0.5, 0.6) is 0 Å². The van der Waals surface area contributed by atoms with E-state index >= 15 is 0 Å². The molecule has 0 saturated heterocycles. The first-order chi connectivity index (χ1) is 6.81. The van der Waals surface area contributed by atoms with Gasteiger partial charge in [0.15, 0.2) is 0 Å². The minimum Gasteiger partial charge on any atom is -0.362 e. The van der Waals surface area contributed by atoms with Gasteiger partial charge in [-0.3, -0.25) is 0 Å². The van der Waals surface area contributed by atoms with E-state index in [0.717, 1.165) is 13.1 Å². The number of benzene rings is 1. The zero-order valence-corrected chi connectivity index (χ0v) is 7.57. The maximum absolute atomic E-state index is 13.5. The first-order valence-corrected chi connectivity index (χ1v) is 4.41. The largest absolute Gasteiger partial charge is 0.362 e. The molecule has 0 aliphatic carbocycles. The molecule has 14 heavy (non-hydrogen) atoms. The van der Waals surface area contributed by atoms with Crippen LogP contribution in [-0.4, -0.2) is 13.1 Å². The Morgan fingerprint density at radius 1 is 1.29 bits per heavy atom. The summed E-state index contributed by atoms with van der Waals surface area (Å²) in [6, 6.07) is 6.47. The first-order valence-electron chi connectivity index (χ1n) is 4.41. The summed E-state index contributed by atoms with van der Waals surface area (Å²) in [4.78, 5) is 1.91. The minimum absolute atomic E-state index is 0.326. The third-order valence-electron chi connectivity index (χ3n) is 2.24. The van der Waals surface area contributed by atoms with Crippen molar-refractivity contribution in [3.63, 3.8) is 0 Å². The fourth-order valence-corrected chi connectivity index (χ4v) is 1.51. The van der Waals surface area contributed by atoms with Gasteiger partial charge in [-0.15, -0.1) is 0 Å². The molecule has 0 fully saturated rings. The predicted octanol–water partition coefficient (Wildman–Crippen LogP) is 2.07. The molecule has 3 heteroatoms. The SMILES string of the molecule is N#Cc1ccc(N2CC=CC2)c(F)c1. The average molecular weight is 188 g/mol. The molecular formula is C11H9FN2. The summed E-state index contributed by atoms with van der Waals surface area (Å²) in [5.74, 6) is -0.326. The van der Waals surface area contributed by atoms with Gasteiger partial charge < -0.3 is 4.90 Å². The molecule has 1 heterocycles. The average Bonchev–Trinajstić information content (AvgIpc) is 2.70. The second-order valence-electron chi connectivity index (χ2n) is 3.15. The Morgan fingerprint density at radius 3 is 2.57 bits per heavy atom. The lowest BCUT2D eigenvalue weighted by atomic mass is 10.2. The standard InChI is InChI=1S/C11H9FN2/c12-10-7-9(8-13)3-4-11(10)14-5-1-2-6-14/h1-4,7H,5-6H2. The molecule has 0 spiro atoms. The Bertz CT molecular complexity index is 410. The van der Waals surface area contributed by atoms with Crippen LogP contribution in [0.4, 0.5) is 10.1 Å². The molecule has 0 N–H and O–H groups in total. The van der Waals surface area contributed by atoms with Crippen LogP contribution in [0, 0.1) is 17.1 Å². The highest BCUT2D eigenvalue weighted by Crippen LogP contribution is 2.21. The lowest BCUT2D eigenvalue weighted by Crippen LogP contribution is -2.19. The van der Waals surface area contributed by atoms with E-state index in [4.69, 9.17) is 5.26 Å². The molecule has 0 unspecified atom stereocenters. The second kappa shape index (κ2) is 3.51. The molecule has 0 bridgehead atoms. The maximum atomic E-state index is 13.5. The van der Waals surface area contributed by atoms with Crippen molar-refractivity contribution in [3.05, 3.63) is 41.7 Å². The summed E-state index contributed by atoms with van der Waals surface area (Å²) >= 11 is 0. The van der Waals surface area contributed by atoms with E-state index in [1.807, 2.05) is 23.1 Å². The van der Waals surface area contributed by atoms with Gasteiger partial charge in [0.25, 0.3) is 0 Å². The van der Waals surface area contributed by atoms with Gasteiger partial charge in [-0.05, 0) is 18.2 Å². The molecule has 70 valence electrons. The van der Waals surface area contributed by atoms with Gasteiger partial charge in [-0.25, -0.2) is 4.39 Å². The molecular weight excluding hydrogens is 179 g/mol. The van der Waals surface area contributed by atoms with Crippen molar-refractivity contribution in [2.24, 2.45) is 0 Å². The molecule has 0 saturated carbocycles. The Kier molecular flexibility index (Phi) is 2.19. The minimum atomic E-state index is -0.326. The molecule has 0 amide bonds. The van der Waals surface area contributed by atoms with Gasteiger partial charge in [-0.2, -0.15) is 5.26 Å². The summed E-state index contributed by atoms with van der Waals surface area (Å²) in [5, 5.41) is 8.58. The van der Waals surface area contributed by atoms with E-state index in [2.05, 4.69) is 0 Å².